The standard InChI is InChI=1S/C11H21NO3/c1-9(8-13)7-12-4-2-10(3-5-12)6-11(14)15/h9-10,13H,2-8H2,1H3,(H,14,15). The maximum atomic E-state index is 10.5. The van der Waals surface area contributed by atoms with E-state index >= 15 is 0 Å². The normalized spacial score (nSPS) is 21.5. The van der Waals surface area contributed by atoms with Crippen molar-refractivity contribution in [3.8, 4) is 0 Å². The van der Waals surface area contributed by atoms with E-state index in [9.17, 15) is 4.79 Å². The highest BCUT2D eigenvalue weighted by Gasteiger charge is 2.21. The van der Waals surface area contributed by atoms with Gasteiger partial charge in [0.25, 0.3) is 0 Å². The molecule has 1 fully saturated rings. The molecular weight excluding hydrogens is 194 g/mol. The zero-order valence-corrected chi connectivity index (χ0v) is 9.35. The lowest BCUT2D eigenvalue weighted by Gasteiger charge is -2.32. The fraction of sp³-hybridized carbons (Fsp3) is 0.909. The molecule has 1 unspecified atom stereocenters. The van der Waals surface area contributed by atoms with Gasteiger partial charge in [0.2, 0.25) is 0 Å². The van der Waals surface area contributed by atoms with Crippen molar-refractivity contribution in [1.82, 2.24) is 4.90 Å². The molecule has 15 heavy (non-hydrogen) atoms. The lowest BCUT2D eigenvalue weighted by molar-refractivity contribution is -0.138. The van der Waals surface area contributed by atoms with Crippen LogP contribution in [0.1, 0.15) is 26.2 Å². The number of carboxylic acid groups (broad SMARTS) is 1. The lowest BCUT2D eigenvalue weighted by Crippen LogP contribution is -2.37. The van der Waals surface area contributed by atoms with Gasteiger partial charge in [-0.05, 0) is 37.8 Å². The number of likely N-dealkylation sites (tertiary alicyclic amines) is 1. The second-order valence-corrected chi connectivity index (χ2v) is 4.63. The molecule has 1 atom stereocenters. The van der Waals surface area contributed by atoms with Gasteiger partial charge in [0.1, 0.15) is 0 Å². The molecule has 1 heterocycles. The first-order valence-electron chi connectivity index (χ1n) is 5.66. The fourth-order valence-electron chi connectivity index (χ4n) is 2.12. The molecule has 0 saturated carbocycles. The molecule has 0 aliphatic carbocycles. The maximum absolute atomic E-state index is 10.5. The van der Waals surface area contributed by atoms with E-state index in [0.717, 1.165) is 32.5 Å². The average Bonchev–Trinajstić information content (AvgIpc) is 2.20. The third kappa shape index (κ3) is 4.62. The molecule has 0 radical (unpaired) electrons. The smallest absolute Gasteiger partial charge is 0.303 e. The third-order valence-electron chi connectivity index (χ3n) is 3.05. The molecule has 0 aromatic rings. The Balaban J connectivity index is 2.20. The number of hydrogen-bond acceptors (Lipinski definition) is 3. The fourth-order valence-corrected chi connectivity index (χ4v) is 2.12. The number of nitrogens with zero attached hydrogens (tertiary/aromatic N) is 1. The van der Waals surface area contributed by atoms with Crippen molar-refractivity contribution in [2.45, 2.75) is 26.2 Å². The number of aliphatic hydroxyl groups excluding tert-OH is 1. The first-order chi connectivity index (χ1) is 7.11. The molecule has 4 nitrogen and oxygen atoms in total. The number of carbonyl (C=O) groups is 1. The van der Waals surface area contributed by atoms with Crippen LogP contribution in [0.5, 0.6) is 0 Å². The van der Waals surface area contributed by atoms with Gasteiger partial charge >= 0.3 is 5.97 Å². The third-order valence-corrected chi connectivity index (χ3v) is 3.05. The molecule has 88 valence electrons. The van der Waals surface area contributed by atoms with E-state index < -0.39 is 5.97 Å². The van der Waals surface area contributed by atoms with Crippen LogP contribution in [0, 0.1) is 11.8 Å². The number of aliphatic hydroxyl groups is 1. The Hall–Kier alpha value is -0.610. The van der Waals surface area contributed by atoms with Crippen LogP contribution in [-0.2, 0) is 4.79 Å². The highest BCUT2D eigenvalue weighted by Crippen LogP contribution is 2.20. The van der Waals surface area contributed by atoms with E-state index in [2.05, 4.69) is 4.90 Å². The number of carboxylic acids is 1. The summed E-state index contributed by atoms with van der Waals surface area (Å²) in [6, 6.07) is 0. The molecule has 1 saturated heterocycles. The molecular formula is C11H21NO3. The Morgan fingerprint density at radius 3 is 2.53 bits per heavy atom. The van der Waals surface area contributed by atoms with Crippen molar-refractivity contribution in [2.75, 3.05) is 26.2 Å². The Labute approximate surface area is 90.9 Å². The van der Waals surface area contributed by atoms with Gasteiger partial charge in [-0.25, -0.2) is 0 Å². The monoisotopic (exact) mass is 215 g/mol. The van der Waals surface area contributed by atoms with Gasteiger partial charge in [-0.1, -0.05) is 6.92 Å². The molecule has 0 aromatic heterocycles. The van der Waals surface area contributed by atoms with Crippen LogP contribution in [0.25, 0.3) is 0 Å². The van der Waals surface area contributed by atoms with Crippen molar-refractivity contribution in [2.24, 2.45) is 11.8 Å². The van der Waals surface area contributed by atoms with Gasteiger partial charge in [-0.3, -0.25) is 4.79 Å². The van der Waals surface area contributed by atoms with E-state index in [-0.39, 0.29) is 6.61 Å². The summed E-state index contributed by atoms with van der Waals surface area (Å²) in [5.74, 6) is -0.0126. The van der Waals surface area contributed by atoms with Crippen LogP contribution >= 0.6 is 0 Å². The van der Waals surface area contributed by atoms with Crippen molar-refractivity contribution < 1.29 is 15.0 Å². The summed E-state index contributed by atoms with van der Waals surface area (Å²) in [6.07, 6.45) is 2.26. The van der Waals surface area contributed by atoms with Gasteiger partial charge in [0.05, 0.1) is 0 Å². The van der Waals surface area contributed by atoms with Gasteiger partial charge in [0.15, 0.2) is 0 Å². The zero-order chi connectivity index (χ0) is 11.3. The summed E-state index contributed by atoms with van der Waals surface area (Å²) in [4.78, 5) is 12.8. The maximum Gasteiger partial charge on any atom is 0.303 e. The second kappa shape index (κ2) is 6.08. The number of rotatable bonds is 5. The summed E-state index contributed by atoms with van der Waals surface area (Å²) in [5, 5.41) is 17.6. The largest absolute Gasteiger partial charge is 0.481 e. The number of hydrogen-bond donors (Lipinski definition) is 2. The van der Waals surface area contributed by atoms with Gasteiger partial charge in [0, 0.05) is 19.6 Å². The van der Waals surface area contributed by atoms with E-state index in [1.807, 2.05) is 6.92 Å². The average molecular weight is 215 g/mol. The Morgan fingerprint density at radius 1 is 1.47 bits per heavy atom. The topological polar surface area (TPSA) is 60.8 Å². The minimum atomic E-state index is -0.683. The van der Waals surface area contributed by atoms with Crippen molar-refractivity contribution >= 4 is 5.97 Å². The van der Waals surface area contributed by atoms with E-state index in [1.165, 1.54) is 0 Å². The van der Waals surface area contributed by atoms with Crippen molar-refractivity contribution in [3.63, 3.8) is 0 Å². The first kappa shape index (κ1) is 12.5. The van der Waals surface area contributed by atoms with E-state index in [0.29, 0.717) is 18.3 Å². The van der Waals surface area contributed by atoms with Crippen molar-refractivity contribution in [3.05, 3.63) is 0 Å². The van der Waals surface area contributed by atoms with Crippen LogP contribution in [0.3, 0.4) is 0 Å². The summed E-state index contributed by atoms with van der Waals surface area (Å²) >= 11 is 0. The quantitative estimate of drug-likeness (QED) is 0.712. The number of aliphatic carboxylic acids is 1. The Kier molecular flexibility index (Phi) is 5.05. The lowest BCUT2D eigenvalue weighted by atomic mass is 9.93. The summed E-state index contributed by atoms with van der Waals surface area (Å²) in [7, 11) is 0. The summed E-state index contributed by atoms with van der Waals surface area (Å²) < 4.78 is 0. The van der Waals surface area contributed by atoms with E-state index in [1.54, 1.807) is 0 Å². The van der Waals surface area contributed by atoms with E-state index in [4.69, 9.17) is 10.2 Å². The van der Waals surface area contributed by atoms with Crippen LogP contribution in [0.4, 0.5) is 0 Å². The van der Waals surface area contributed by atoms with Gasteiger partial charge < -0.3 is 15.1 Å². The highest BCUT2D eigenvalue weighted by atomic mass is 16.4. The Bertz CT molecular complexity index is 200. The predicted molar refractivity (Wildman–Crippen MR) is 57.7 cm³/mol. The molecule has 2 N–H and O–H groups in total. The summed E-state index contributed by atoms with van der Waals surface area (Å²) in [5.41, 5.74) is 0. The first-order valence-corrected chi connectivity index (χ1v) is 5.66. The van der Waals surface area contributed by atoms with Crippen LogP contribution < -0.4 is 0 Å². The van der Waals surface area contributed by atoms with Gasteiger partial charge in [-0.15, -0.1) is 0 Å². The minimum absolute atomic E-state index is 0.231. The van der Waals surface area contributed by atoms with Crippen molar-refractivity contribution in [1.29, 1.82) is 0 Å². The Morgan fingerprint density at radius 2 is 2.07 bits per heavy atom. The molecule has 0 spiro atoms. The number of piperidine rings is 1. The second-order valence-electron chi connectivity index (χ2n) is 4.63. The molecule has 0 amide bonds. The zero-order valence-electron chi connectivity index (χ0n) is 9.35. The van der Waals surface area contributed by atoms with Crippen LogP contribution in [0.15, 0.2) is 0 Å². The summed E-state index contributed by atoms with van der Waals surface area (Å²) in [6.45, 7) is 5.14. The SMILES string of the molecule is CC(CO)CN1CCC(CC(=O)O)CC1. The molecule has 1 aliphatic heterocycles. The van der Waals surface area contributed by atoms with Crippen LogP contribution in [-0.4, -0.2) is 47.3 Å². The molecule has 4 heteroatoms. The molecule has 0 bridgehead atoms. The molecule has 1 aliphatic rings. The van der Waals surface area contributed by atoms with Crippen LogP contribution in [0.2, 0.25) is 0 Å². The molecule has 0 aromatic carbocycles. The van der Waals surface area contributed by atoms with Gasteiger partial charge in [-0.2, -0.15) is 0 Å². The molecule has 1 rings (SSSR count). The highest BCUT2D eigenvalue weighted by molar-refractivity contribution is 5.67. The predicted octanol–water partition coefficient (Wildman–Crippen LogP) is 0.801. The minimum Gasteiger partial charge on any atom is -0.481 e.